The molecule has 2 rings (SSSR count). The van der Waals surface area contributed by atoms with E-state index in [2.05, 4.69) is 76.9 Å². The van der Waals surface area contributed by atoms with Gasteiger partial charge in [-0.15, -0.1) is 0 Å². The smallest absolute Gasteiger partial charge is 0.376 e. The highest BCUT2D eigenvalue weighted by Crippen LogP contribution is 2.29. The van der Waals surface area contributed by atoms with E-state index in [1.54, 1.807) is 0 Å². The van der Waals surface area contributed by atoms with E-state index < -0.39 is 8.80 Å². The molecule has 5 heteroatoms. The van der Waals surface area contributed by atoms with E-state index in [9.17, 15) is 0 Å². The summed E-state index contributed by atoms with van der Waals surface area (Å²) in [7, 11) is -2.57. The van der Waals surface area contributed by atoms with Gasteiger partial charge in [0.05, 0.1) is 0 Å². The van der Waals surface area contributed by atoms with E-state index in [4.69, 9.17) is 4.43 Å². The normalized spacial score (nSPS) is 11.4. The zero-order chi connectivity index (χ0) is 16.5. The topological polar surface area (TPSA) is 36.5 Å². The molecule has 0 fully saturated rings. The number of nitrogens with one attached hydrogen (secondary N) is 2. The highest BCUT2D eigenvalue weighted by molar-refractivity contribution is 6.74. The molecule has 0 radical (unpaired) electrons. The lowest BCUT2D eigenvalue weighted by Crippen LogP contribution is -2.74. The molecule has 0 aromatic heterocycles. The van der Waals surface area contributed by atoms with Gasteiger partial charge in [0.25, 0.3) is 0 Å². The molecule has 0 unspecified atom stereocenters. The third kappa shape index (κ3) is 4.20. The van der Waals surface area contributed by atoms with Crippen LogP contribution in [0.4, 0.5) is 11.4 Å². The molecule has 23 heavy (non-hydrogen) atoms. The fraction of sp³-hybridized carbons (Fsp3) is 0.333. The van der Waals surface area contributed by atoms with Crippen molar-refractivity contribution in [3.63, 3.8) is 0 Å². The van der Waals surface area contributed by atoms with Crippen LogP contribution in [0.1, 0.15) is 20.8 Å². The average Bonchev–Trinajstić information content (AvgIpc) is 2.58. The Morgan fingerprint density at radius 2 is 1.22 bits per heavy atom. The molecule has 0 aliphatic carbocycles. The second-order valence-corrected chi connectivity index (χ2v) is 7.88. The van der Waals surface area contributed by atoms with Gasteiger partial charge in [-0.1, -0.05) is 50.2 Å². The number of para-hydroxylation sites is 2. The molecule has 0 heterocycles. The van der Waals surface area contributed by atoms with Gasteiger partial charge in [-0.3, -0.25) is 9.96 Å². The van der Waals surface area contributed by atoms with Gasteiger partial charge in [-0.05, 0) is 44.3 Å². The van der Waals surface area contributed by atoms with Crippen LogP contribution in [0.15, 0.2) is 60.7 Å². The average molecular weight is 330 g/mol. The summed E-state index contributed by atoms with van der Waals surface area (Å²) in [4.78, 5) is 7.25. The van der Waals surface area contributed by atoms with E-state index >= 15 is 0 Å². The van der Waals surface area contributed by atoms with Gasteiger partial charge in [0.15, 0.2) is 0 Å². The van der Waals surface area contributed by atoms with Gasteiger partial charge < -0.3 is 8.99 Å². The molecule has 0 bridgehead atoms. The molecule has 2 aromatic rings. The molecule has 2 aromatic carbocycles. The largest absolute Gasteiger partial charge is 0.479 e. The number of anilines is 2. The van der Waals surface area contributed by atoms with Crippen molar-refractivity contribution < 1.29 is 4.43 Å². The summed E-state index contributed by atoms with van der Waals surface area (Å²) in [5.41, 5.74) is 2.25. The van der Waals surface area contributed by atoms with Crippen molar-refractivity contribution in [1.82, 2.24) is 9.96 Å². The Morgan fingerprint density at radius 1 is 0.783 bits per heavy atom. The highest BCUT2D eigenvalue weighted by atomic mass is 28.4. The van der Waals surface area contributed by atoms with Gasteiger partial charge in [0, 0.05) is 18.0 Å². The maximum absolute atomic E-state index is 6.32. The first-order valence-corrected chi connectivity index (χ1v) is 10.2. The van der Waals surface area contributed by atoms with Gasteiger partial charge >= 0.3 is 8.80 Å². The Morgan fingerprint density at radius 3 is 1.57 bits per heavy atom. The first-order valence-electron chi connectivity index (χ1n) is 8.31. The summed E-state index contributed by atoms with van der Waals surface area (Å²) in [6.45, 7) is 8.62. The second kappa shape index (κ2) is 8.84. The fourth-order valence-electron chi connectivity index (χ4n) is 2.74. The van der Waals surface area contributed by atoms with E-state index in [-0.39, 0.29) is 0 Å². The summed E-state index contributed by atoms with van der Waals surface area (Å²) in [6.07, 6.45) is 0. The molecule has 124 valence electrons. The van der Waals surface area contributed by atoms with Crippen LogP contribution in [0.5, 0.6) is 0 Å². The number of nitrogens with zero attached hydrogens (tertiary/aromatic N) is 1. The van der Waals surface area contributed by atoms with E-state index in [0.717, 1.165) is 24.5 Å². The lowest BCUT2D eigenvalue weighted by atomic mass is 10.3. The number of hydrogen-bond donors (Lipinski definition) is 2. The Balaban J connectivity index is 2.56. The van der Waals surface area contributed by atoms with Crippen molar-refractivity contribution in [2.75, 3.05) is 24.3 Å². The first kappa shape index (κ1) is 17.7. The van der Waals surface area contributed by atoms with Crippen molar-refractivity contribution in [3.8, 4) is 0 Å². The SMILES string of the molecule is CCN[Si](NCC)(OCC)N(c1ccccc1)c1ccccc1. The van der Waals surface area contributed by atoms with Crippen LogP contribution < -0.4 is 14.5 Å². The lowest BCUT2D eigenvalue weighted by molar-refractivity contribution is 0.299. The first-order chi connectivity index (χ1) is 11.3. The molecule has 0 atom stereocenters. The van der Waals surface area contributed by atoms with Crippen LogP contribution >= 0.6 is 0 Å². The molecular weight excluding hydrogens is 302 g/mol. The summed E-state index contributed by atoms with van der Waals surface area (Å²) >= 11 is 0. The van der Waals surface area contributed by atoms with Crippen LogP contribution in [-0.2, 0) is 4.43 Å². The summed E-state index contributed by atoms with van der Waals surface area (Å²) < 4.78 is 8.63. The fourth-order valence-corrected chi connectivity index (χ4v) is 5.92. The van der Waals surface area contributed by atoms with E-state index in [1.807, 2.05) is 19.1 Å². The van der Waals surface area contributed by atoms with Crippen LogP contribution in [0.3, 0.4) is 0 Å². The zero-order valence-electron chi connectivity index (χ0n) is 14.3. The molecule has 0 saturated heterocycles. The standard InChI is InChI=1S/C18H27N3OSi/c1-4-19-23(20-5-2,22-6-3)21(17-13-9-7-10-14-17)18-15-11-8-12-16-18/h7-16,19-20H,4-6H2,1-3H3. The molecule has 0 amide bonds. The molecule has 0 spiro atoms. The van der Waals surface area contributed by atoms with Crippen molar-refractivity contribution >= 4 is 20.2 Å². The van der Waals surface area contributed by atoms with Gasteiger partial charge in [0.1, 0.15) is 0 Å². The van der Waals surface area contributed by atoms with Crippen molar-refractivity contribution in [2.45, 2.75) is 20.8 Å². The Bertz CT molecular complexity index is 508. The molecular formula is C18H27N3OSi. The minimum absolute atomic E-state index is 0.655. The maximum Gasteiger partial charge on any atom is 0.479 e. The van der Waals surface area contributed by atoms with Crippen molar-refractivity contribution in [2.24, 2.45) is 0 Å². The maximum atomic E-state index is 6.32. The Kier molecular flexibility index (Phi) is 6.79. The molecule has 0 saturated carbocycles. The minimum Gasteiger partial charge on any atom is -0.376 e. The predicted octanol–water partition coefficient (Wildman–Crippen LogP) is 3.52. The van der Waals surface area contributed by atoms with Gasteiger partial charge in [-0.2, -0.15) is 0 Å². The van der Waals surface area contributed by atoms with E-state index in [0.29, 0.717) is 6.61 Å². The third-order valence-electron chi connectivity index (χ3n) is 3.53. The summed E-state index contributed by atoms with van der Waals surface area (Å²) in [5.74, 6) is 0. The number of benzene rings is 2. The number of rotatable bonds is 9. The highest BCUT2D eigenvalue weighted by Gasteiger charge is 2.44. The summed E-state index contributed by atoms with van der Waals surface area (Å²) in [5, 5.41) is 0. The van der Waals surface area contributed by atoms with Crippen LogP contribution in [0.2, 0.25) is 0 Å². The monoisotopic (exact) mass is 329 g/mol. The zero-order valence-corrected chi connectivity index (χ0v) is 15.3. The van der Waals surface area contributed by atoms with Crippen LogP contribution in [0, 0.1) is 0 Å². The second-order valence-electron chi connectivity index (χ2n) is 5.14. The van der Waals surface area contributed by atoms with Crippen LogP contribution in [0.25, 0.3) is 0 Å². The molecule has 0 aliphatic rings. The van der Waals surface area contributed by atoms with Crippen molar-refractivity contribution in [3.05, 3.63) is 60.7 Å². The predicted molar refractivity (Wildman–Crippen MR) is 99.8 cm³/mol. The molecule has 4 nitrogen and oxygen atoms in total. The number of hydrogen-bond acceptors (Lipinski definition) is 4. The van der Waals surface area contributed by atoms with Crippen LogP contribution in [-0.4, -0.2) is 28.5 Å². The van der Waals surface area contributed by atoms with Gasteiger partial charge in [-0.25, -0.2) is 0 Å². The summed E-state index contributed by atoms with van der Waals surface area (Å²) in [6, 6.07) is 20.8. The Labute approximate surface area is 140 Å². The third-order valence-corrected chi connectivity index (χ3v) is 7.05. The molecule has 0 aliphatic heterocycles. The lowest BCUT2D eigenvalue weighted by Gasteiger charge is -2.42. The Hall–Kier alpha value is -1.66. The van der Waals surface area contributed by atoms with Gasteiger partial charge in [0.2, 0.25) is 0 Å². The van der Waals surface area contributed by atoms with Crippen molar-refractivity contribution in [1.29, 1.82) is 0 Å². The molecule has 2 N–H and O–H groups in total. The van der Waals surface area contributed by atoms with E-state index in [1.165, 1.54) is 0 Å². The quantitative estimate of drug-likeness (QED) is 0.690. The minimum atomic E-state index is -2.57.